The van der Waals surface area contributed by atoms with Gasteiger partial charge in [0, 0.05) is 50.4 Å². The topological polar surface area (TPSA) is 232 Å². The molecule has 0 saturated carbocycles. The summed E-state index contributed by atoms with van der Waals surface area (Å²) in [6.45, 7) is 11.6. The van der Waals surface area contributed by atoms with Crippen LogP contribution < -0.4 is 20.2 Å². The minimum absolute atomic E-state index is 0.292. The number of piperazine rings is 1. The van der Waals surface area contributed by atoms with Gasteiger partial charge < -0.3 is 43.7 Å². The SMILES string of the molecule is CC[C@@H]([C@H](C)OC(=O)OC(C)OC(=O)C(C(=O)O)C(=O)O)n1ncn(-c2ccc(N3CCN(c4ccc(OC[C@@H]5CO[C@](C)(Cn6cncn6)C5)cc4)CC3)cc2)c1=O. The molecule has 5 atom stereocenters. The van der Waals surface area contributed by atoms with Crippen LogP contribution in [0.15, 0.2) is 72.3 Å². The minimum atomic E-state index is -2.49. The Kier molecular flexibility index (Phi) is 13.2. The summed E-state index contributed by atoms with van der Waals surface area (Å²) in [4.78, 5) is 68.5. The number of carbonyl (C=O) groups is 4. The first-order valence-electron chi connectivity index (χ1n) is 19.2. The highest BCUT2D eigenvalue weighted by Gasteiger charge is 2.38. The third-order valence-corrected chi connectivity index (χ3v) is 10.3. The summed E-state index contributed by atoms with van der Waals surface area (Å²) in [5.41, 5.74) is 1.96. The Morgan fingerprint density at radius 3 is 2.05 bits per heavy atom. The Morgan fingerprint density at radius 2 is 1.47 bits per heavy atom. The van der Waals surface area contributed by atoms with Crippen molar-refractivity contribution in [3.05, 3.63) is 78.0 Å². The van der Waals surface area contributed by atoms with Gasteiger partial charge in [-0.1, -0.05) is 6.92 Å². The van der Waals surface area contributed by atoms with Crippen LogP contribution in [0.25, 0.3) is 5.69 Å². The van der Waals surface area contributed by atoms with Crippen LogP contribution in [-0.4, -0.2) is 121 Å². The zero-order valence-electron chi connectivity index (χ0n) is 33.2. The average Bonchev–Trinajstić information content (AvgIpc) is 3.95. The standard InChI is InChI=1S/C39H48N8O12/c1-5-32(25(2)57-38(54)59-26(3)58-36(52)33(34(48)49)35(50)51)47-37(53)46(24-42-47)30-8-6-28(7-9-30)43-14-16-44(17-15-43)29-10-12-31(13-11-29)55-19-27-18-39(4,56-20-27)21-45-23-40-22-41-45/h6-13,22-27,32-33H,5,14-21H2,1-4H3,(H,48,49)(H,50,51)/t25-,26?,27+,32-,39-/m0/s1. The number of aromatic nitrogens is 6. The van der Waals surface area contributed by atoms with Gasteiger partial charge >= 0.3 is 29.8 Å². The number of rotatable bonds is 17. The van der Waals surface area contributed by atoms with E-state index >= 15 is 0 Å². The number of aliphatic carboxylic acids is 2. The first-order chi connectivity index (χ1) is 28.2. The maximum atomic E-state index is 13.5. The van der Waals surface area contributed by atoms with E-state index in [2.05, 4.69) is 48.8 Å². The molecule has 316 valence electrons. The molecule has 2 N–H and O–H groups in total. The van der Waals surface area contributed by atoms with Crippen LogP contribution in [0, 0.1) is 11.8 Å². The predicted molar refractivity (Wildman–Crippen MR) is 207 cm³/mol. The van der Waals surface area contributed by atoms with E-state index in [1.807, 2.05) is 36.4 Å². The number of nitrogens with zero attached hydrogens (tertiary/aromatic N) is 8. The van der Waals surface area contributed by atoms with Gasteiger partial charge in [-0.15, -0.1) is 0 Å². The summed E-state index contributed by atoms with van der Waals surface area (Å²) in [5.74, 6) is -6.88. The summed E-state index contributed by atoms with van der Waals surface area (Å²) >= 11 is 0. The molecule has 2 aliphatic rings. The highest BCUT2D eigenvalue weighted by atomic mass is 16.8. The zero-order valence-corrected chi connectivity index (χ0v) is 33.2. The minimum Gasteiger partial charge on any atom is -0.493 e. The fourth-order valence-corrected chi connectivity index (χ4v) is 7.32. The molecule has 1 unspecified atom stereocenters. The van der Waals surface area contributed by atoms with E-state index in [4.69, 9.17) is 29.2 Å². The van der Waals surface area contributed by atoms with E-state index in [1.165, 1.54) is 28.8 Å². The Bertz CT molecular complexity index is 2100. The van der Waals surface area contributed by atoms with Crippen LogP contribution >= 0.6 is 0 Å². The molecular weight excluding hydrogens is 772 g/mol. The van der Waals surface area contributed by atoms with Crippen molar-refractivity contribution in [3.63, 3.8) is 0 Å². The molecule has 0 bridgehead atoms. The number of hydrogen-bond acceptors (Lipinski definition) is 15. The van der Waals surface area contributed by atoms with Gasteiger partial charge in [0.1, 0.15) is 30.8 Å². The van der Waals surface area contributed by atoms with Gasteiger partial charge in [0.25, 0.3) is 5.92 Å². The molecule has 20 heteroatoms. The molecule has 0 spiro atoms. The van der Waals surface area contributed by atoms with Crippen LogP contribution in [0.3, 0.4) is 0 Å². The second kappa shape index (κ2) is 18.4. The summed E-state index contributed by atoms with van der Waals surface area (Å²) in [5, 5.41) is 26.3. The van der Waals surface area contributed by atoms with Crippen LogP contribution in [0.5, 0.6) is 5.75 Å². The quantitative estimate of drug-likeness (QED) is 0.0886. The number of benzene rings is 2. The lowest BCUT2D eigenvalue weighted by Gasteiger charge is -2.37. The van der Waals surface area contributed by atoms with Gasteiger partial charge in [-0.3, -0.25) is 19.1 Å². The maximum absolute atomic E-state index is 13.5. The smallest absolute Gasteiger partial charge is 0.493 e. The number of esters is 1. The van der Waals surface area contributed by atoms with Gasteiger partial charge in [0.2, 0.25) is 6.29 Å². The van der Waals surface area contributed by atoms with Crippen molar-refractivity contribution in [2.45, 2.75) is 71.1 Å². The van der Waals surface area contributed by atoms with Crippen LogP contribution in [0.1, 0.15) is 46.6 Å². The van der Waals surface area contributed by atoms with E-state index in [1.54, 1.807) is 17.9 Å². The predicted octanol–water partition coefficient (Wildman–Crippen LogP) is 2.99. The highest BCUT2D eigenvalue weighted by molar-refractivity contribution is 6.11. The second-order valence-electron chi connectivity index (χ2n) is 14.7. The average molecular weight is 821 g/mol. The Hall–Kier alpha value is -6.44. The third kappa shape index (κ3) is 10.4. The Labute approximate surface area is 338 Å². The lowest BCUT2D eigenvalue weighted by molar-refractivity contribution is -0.181. The van der Waals surface area contributed by atoms with Crippen molar-refractivity contribution in [3.8, 4) is 11.4 Å². The van der Waals surface area contributed by atoms with Crippen molar-refractivity contribution in [2.24, 2.45) is 11.8 Å². The molecule has 2 fully saturated rings. The second-order valence-corrected chi connectivity index (χ2v) is 14.7. The number of carboxylic acids is 2. The maximum Gasteiger partial charge on any atom is 0.511 e. The van der Waals surface area contributed by atoms with E-state index in [9.17, 15) is 24.0 Å². The highest BCUT2D eigenvalue weighted by Crippen LogP contribution is 2.32. The first-order valence-corrected chi connectivity index (χ1v) is 19.2. The molecule has 2 aromatic carbocycles. The summed E-state index contributed by atoms with van der Waals surface area (Å²) in [7, 11) is 0. The van der Waals surface area contributed by atoms with Gasteiger partial charge in [-0.2, -0.15) is 10.2 Å². The van der Waals surface area contributed by atoms with E-state index in [-0.39, 0.29) is 5.60 Å². The van der Waals surface area contributed by atoms with Crippen molar-refractivity contribution in [1.29, 1.82) is 0 Å². The molecule has 2 aromatic heterocycles. The van der Waals surface area contributed by atoms with E-state index in [0.717, 1.165) is 56.6 Å². The lowest BCUT2D eigenvalue weighted by Crippen LogP contribution is -2.46. The Balaban J connectivity index is 0.961. The van der Waals surface area contributed by atoms with Crippen molar-refractivity contribution < 1.29 is 53.1 Å². The molecule has 2 aliphatic heterocycles. The molecule has 20 nitrogen and oxygen atoms in total. The van der Waals surface area contributed by atoms with E-state index in [0.29, 0.717) is 37.8 Å². The largest absolute Gasteiger partial charge is 0.511 e. The van der Waals surface area contributed by atoms with Crippen LogP contribution in [0.2, 0.25) is 0 Å². The fraction of sp³-hybridized carbons (Fsp3) is 0.487. The van der Waals surface area contributed by atoms with Crippen molar-refractivity contribution in [1.82, 2.24) is 29.1 Å². The Morgan fingerprint density at radius 1 is 0.864 bits per heavy atom. The zero-order chi connectivity index (χ0) is 42.3. The summed E-state index contributed by atoms with van der Waals surface area (Å²) < 4.78 is 31.4. The molecule has 4 heterocycles. The van der Waals surface area contributed by atoms with Crippen molar-refractivity contribution >= 4 is 35.4 Å². The van der Waals surface area contributed by atoms with Crippen LogP contribution in [-0.2, 0) is 39.9 Å². The monoisotopic (exact) mass is 820 g/mol. The van der Waals surface area contributed by atoms with Gasteiger partial charge in [-0.05, 0) is 75.2 Å². The number of ether oxygens (including phenoxy) is 5. The summed E-state index contributed by atoms with van der Waals surface area (Å²) in [6.07, 6.45) is 1.93. The van der Waals surface area contributed by atoms with Gasteiger partial charge in [-0.25, -0.2) is 23.8 Å². The first kappa shape index (κ1) is 42.2. The number of anilines is 2. The van der Waals surface area contributed by atoms with Crippen molar-refractivity contribution in [2.75, 3.05) is 49.2 Å². The number of carboxylic acid groups (broad SMARTS) is 2. The molecular formula is C39H48N8O12. The molecule has 0 radical (unpaired) electrons. The summed E-state index contributed by atoms with van der Waals surface area (Å²) in [6, 6.07) is 15.1. The van der Waals surface area contributed by atoms with Gasteiger partial charge in [0.15, 0.2) is 0 Å². The van der Waals surface area contributed by atoms with Crippen LogP contribution in [0.4, 0.5) is 16.2 Å². The molecule has 0 aliphatic carbocycles. The van der Waals surface area contributed by atoms with Gasteiger partial charge in [0.05, 0.1) is 37.1 Å². The fourth-order valence-electron chi connectivity index (χ4n) is 7.32. The molecule has 0 amide bonds. The third-order valence-electron chi connectivity index (χ3n) is 10.3. The number of carbonyl (C=O) groups excluding carboxylic acids is 2. The molecule has 59 heavy (non-hydrogen) atoms. The molecule has 4 aromatic rings. The molecule has 2 saturated heterocycles. The number of hydrogen-bond donors (Lipinski definition) is 2. The van der Waals surface area contributed by atoms with E-state index < -0.39 is 54.1 Å². The molecule has 6 rings (SSSR count). The normalized spacial score (nSPS) is 19.5. The lowest BCUT2D eigenvalue weighted by atomic mass is 9.96.